The van der Waals surface area contributed by atoms with Crippen LogP contribution in [0.5, 0.6) is 0 Å². The molecule has 1 aliphatic rings. The molecule has 0 amide bonds. The van der Waals surface area contributed by atoms with Gasteiger partial charge in [-0.15, -0.1) is 0 Å². The van der Waals surface area contributed by atoms with Gasteiger partial charge in [-0.3, -0.25) is 0 Å². The van der Waals surface area contributed by atoms with Crippen LogP contribution in [0.4, 0.5) is 0 Å². The molecule has 0 aromatic heterocycles. The molecule has 0 aliphatic carbocycles. The van der Waals surface area contributed by atoms with Crippen molar-refractivity contribution in [2.24, 2.45) is 0 Å². The summed E-state index contributed by atoms with van der Waals surface area (Å²) in [5.74, 6) is 0. The van der Waals surface area contributed by atoms with Gasteiger partial charge < -0.3 is 10.6 Å². The summed E-state index contributed by atoms with van der Waals surface area (Å²) in [6.07, 6.45) is 3.66. The van der Waals surface area contributed by atoms with Gasteiger partial charge in [-0.05, 0) is 19.2 Å². The van der Waals surface area contributed by atoms with Crippen LogP contribution in [0.25, 0.3) is 0 Å². The summed E-state index contributed by atoms with van der Waals surface area (Å²) in [6.45, 7) is 5.77. The number of hydrogen-bond acceptors (Lipinski definition) is 2. The molecule has 10 heavy (non-hydrogen) atoms. The van der Waals surface area contributed by atoms with E-state index < -0.39 is 0 Å². The second kappa shape index (κ2) is 2.97. The smallest absolute Gasteiger partial charge is 0.121 e. The molecule has 0 saturated heterocycles. The minimum Gasteiger partial charge on any atom is -0.380 e. The molecule has 2 atom stereocenters. The van der Waals surface area contributed by atoms with Crippen molar-refractivity contribution in [1.29, 1.82) is 0 Å². The Kier molecular flexibility index (Phi) is 2.22. The molecule has 1 aliphatic heterocycles. The molecule has 3 heteroatoms. The van der Waals surface area contributed by atoms with Crippen LogP contribution in [0.3, 0.4) is 0 Å². The summed E-state index contributed by atoms with van der Waals surface area (Å²) in [4.78, 5) is 0. The van der Waals surface area contributed by atoms with Gasteiger partial charge in [0.2, 0.25) is 0 Å². The third-order valence-electron chi connectivity index (χ3n) is 1.39. The van der Waals surface area contributed by atoms with E-state index in [1.165, 1.54) is 0 Å². The summed E-state index contributed by atoms with van der Waals surface area (Å²) in [7, 11) is 0. The molecule has 56 valence electrons. The lowest BCUT2D eigenvalue weighted by Crippen LogP contribution is -2.37. The van der Waals surface area contributed by atoms with E-state index in [1.807, 2.05) is 13.0 Å². The van der Waals surface area contributed by atoms with Crippen molar-refractivity contribution in [3.63, 3.8) is 0 Å². The lowest BCUT2D eigenvalue weighted by molar-refractivity contribution is 0.566. The third-order valence-corrected chi connectivity index (χ3v) is 1.90. The van der Waals surface area contributed by atoms with Gasteiger partial charge in [0.15, 0.2) is 0 Å². The summed E-state index contributed by atoms with van der Waals surface area (Å²) in [6, 6.07) is 0.212. The number of hydrogen-bond donors (Lipinski definition) is 2. The first-order chi connectivity index (χ1) is 4.70. The summed E-state index contributed by atoms with van der Waals surface area (Å²) in [5.41, 5.74) is 0.832. The van der Waals surface area contributed by atoms with Crippen LogP contribution in [0.15, 0.2) is 24.6 Å². The first-order valence-corrected chi connectivity index (χ1v) is 3.66. The Morgan fingerprint density at radius 2 is 2.40 bits per heavy atom. The zero-order valence-corrected chi connectivity index (χ0v) is 6.65. The number of allylic oxidation sites excluding steroid dienone is 1. The van der Waals surface area contributed by atoms with Gasteiger partial charge >= 0.3 is 0 Å². The Morgan fingerprint density at radius 3 is 3.10 bits per heavy atom. The largest absolute Gasteiger partial charge is 0.380 e. The van der Waals surface area contributed by atoms with Crippen molar-refractivity contribution in [3.8, 4) is 0 Å². The van der Waals surface area contributed by atoms with Crippen LogP contribution < -0.4 is 10.6 Å². The molecule has 0 fully saturated rings. The minimum atomic E-state index is -0.0597. The highest BCUT2D eigenvalue weighted by Crippen LogP contribution is 2.04. The predicted molar refractivity (Wildman–Crippen MR) is 43.7 cm³/mol. The molecule has 0 aromatic carbocycles. The average molecular weight is 159 g/mol. The van der Waals surface area contributed by atoms with Crippen LogP contribution in [0.2, 0.25) is 0 Å². The van der Waals surface area contributed by atoms with Gasteiger partial charge in [0.1, 0.15) is 5.50 Å². The maximum absolute atomic E-state index is 5.87. The fourth-order valence-corrected chi connectivity index (χ4v) is 0.934. The van der Waals surface area contributed by atoms with Gasteiger partial charge in [-0.25, -0.2) is 0 Å². The van der Waals surface area contributed by atoms with Crippen LogP contribution in [-0.2, 0) is 0 Å². The summed E-state index contributed by atoms with van der Waals surface area (Å²) >= 11 is 5.87. The molecule has 1 unspecified atom stereocenters. The fourth-order valence-electron chi connectivity index (χ4n) is 0.799. The third kappa shape index (κ3) is 1.67. The summed E-state index contributed by atoms with van der Waals surface area (Å²) < 4.78 is 0. The number of rotatable bonds is 0. The maximum Gasteiger partial charge on any atom is 0.121 e. The van der Waals surface area contributed by atoms with Gasteiger partial charge in [-0.1, -0.05) is 18.2 Å². The van der Waals surface area contributed by atoms with Crippen LogP contribution in [0.1, 0.15) is 6.92 Å². The van der Waals surface area contributed by atoms with Crippen LogP contribution in [-0.4, -0.2) is 11.5 Å². The van der Waals surface area contributed by atoms with Crippen molar-refractivity contribution in [3.05, 3.63) is 24.6 Å². The maximum atomic E-state index is 5.87. The van der Waals surface area contributed by atoms with E-state index in [1.54, 1.807) is 6.20 Å². The molecule has 2 nitrogen and oxygen atoms in total. The van der Waals surface area contributed by atoms with Crippen molar-refractivity contribution < 1.29 is 0 Å². The Bertz CT molecular complexity index is 165. The number of halogens is 1. The van der Waals surface area contributed by atoms with E-state index in [0.717, 1.165) is 5.70 Å². The van der Waals surface area contributed by atoms with E-state index in [4.69, 9.17) is 11.6 Å². The van der Waals surface area contributed by atoms with Crippen LogP contribution >= 0.6 is 11.6 Å². The van der Waals surface area contributed by atoms with Crippen molar-refractivity contribution >= 4 is 11.6 Å². The molecule has 0 bridgehead atoms. The first kappa shape index (κ1) is 7.48. The fraction of sp³-hybridized carbons (Fsp3) is 0.429. The standard InChI is InChI=1S/C7H11ClN2/c1-5-3-4-9-7(8)6(2)10-5/h3-4,6-7,9-10H,1H2,2H3/t6?,7-/m0/s1. The quantitative estimate of drug-likeness (QED) is 0.409. The topological polar surface area (TPSA) is 24.1 Å². The number of nitrogens with one attached hydrogen (secondary N) is 2. The Morgan fingerprint density at radius 1 is 1.70 bits per heavy atom. The highest BCUT2D eigenvalue weighted by molar-refractivity contribution is 6.20. The second-order valence-corrected chi connectivity index (χ2v) is 2.83. The molecule has 2 N–H and O–H groups in total. The molecule has 1 heterocycles. The molecular formula is C7H11ClN2. The molecular weight excluding hydrogens is 148 g/mol. The summed E-state index contributed by atoms with van der Waals surface area (Å²) in [5, 5.41) is 6.10. The molecule has 0 saturated carbocycles. The van der Waals surface area contributed by atoms with Gasteiger partial charge in [-0.2, -0.15) is 0 Å². The van der Waals surface area contributed by atoms with Gasteiger partial charge in [0, 0.05) is 5.70 Å². The zero-order valence-electron chi connectivity index (χ0n) is 5.89. The van der Waals surface area contributed by atoms with E-state index in [2.05, 4.69) is 17.2 Å². The van der Waals surface area contributed by atoms with E-state index in [0.29, 0.717) is 0 Å². The highest BCUT2D eigenvalue weighted by Gasteiger charge is 2.13. The first-order valence-electron chi connectivity index (χ1n) is 3.22. The van der Waals surface area contributed by atoms with Crippen molar-refractivity contribution in [2.75, 3.05) is 0 Å². The molecule has 0 aromatic rings. The van der Waals surface area contributed by atoms with Gasteiger partial charge in [0.05, 0.1) is 6.04 Å². The molecule has 0 spiro atoms. The monoisotopic (exact) mass is 158 g/mol. The average Bonchev–Trinajstić information content (AvgIpc) is 1.96. The van der Waals surface area contributed by atoms with E-state index >= 15 is 0 Å². The predicted octanol–water partition coefficient (Wildman–Crippen LogP) is 1.16. The van der Waals surface area contributed by atoms with Crippen LogP contribution in [0, 0.1) is 0 Å². The normalized spacial score (nSPS) is 32.4. The molecule has 0 radical (unpaired) electrons. The highest BCUT2D eigenvalue weighted by atomic mass is 35.5. The van der Waals surface area contributed by atoms with E-state index in [9.17, 15) is 0 Å². The second-order valence-electron chi connectivity index (χ2n) is 2.36. The number of alkyl halides is 1. The minimum absolute atomic E-state index is 0.0597. The zero-order chi connectivity index (χ0) is 7.56. The lowest BCUT2D eigenvalue weighted by atomic mass is 10.3. The van der Waals surface area contributed by atoms with Crippen molar-refractivity contribution in [1.82, 2.24) is 10.6 Å². The SMILES string of the molecule is C=C1C=CN[C@H](Cl)C(C)N1. The molecule has 1 rings (SSSR count). The lowest BCUT2D eigenvalue weighted by Gasteiger charge is -2.17. The van der Waals surface area contributed by atoms with E-state index in [-0.39, 0.29) is 11.5 Å². The Hall–Kier alpha value is -0.630. The van der Waals surface area contributed by atoms with Gasteiger partial charge in [0.25, 0.3) is 0 Å². The Balaban J connectivity index is 2.60. The Labute approximate surface area is 65.9 Å². The van der Waals surface area contributed by atoms with Crippen molar-refractivity contribution in [2.45, 2.75) is 18.5 Å².